The van der Waals surface area contributed by atoms with E-state index in [1.807, 2.05) is 108 Å². The van der Waals surface area contributed by atoms with E-state index in [2.05, 4.69) is 0 Å². The molecular weight excluding hydrogens is 484 g/mol. The molecule has 2 aliphatic rings. The largest absolute Gasteiger partial charge is 0.497 e. The quantitative estimate of drug-likeness (QED) is 0.295. The third-order valence-electron chi connectivity index (χ3n) is 7.00. The highest BCUT2D eigenvalue weighted by Crippen LogP contribution is 2.43. The number of methoxy groups -OCH3 is 1. The van der Waals surface area contributed by atoms with Crippen molar-refractivity contribution in [1.82, 2.24) is 5.01 Å². The van der Waals surface area contributed by atoms with E-state index in [-0.39, 0.29) is 11.8 Å². The van der Waals surface area contributed by atoms with Crippen molar-refractivity contribution in [2.45, 2.75) is 24.6 Å². The predicted octanol–water partition coefficient (Wildman–Crippen LogP) is 6.88. The SMILES string of the molecule is COc1ccc(C2CC(c3ccc(Cl)cc3)=NN2C2C(=O)c3ccccc3OC2c2ccccc2)cc1. The molecule has 6 heteroatoms. The minimum atomic E-state index is -0.644. The Hall–Kier alpha value is -4.09. The number of benzene rings is 4. The minimum absolute atomic E-state index is 0.00433. The van der Waals surface area contributed by atoms with Gasteiger partial charge in [-0.1, -0.05) is 78.3 Å². The van der Waals surface area contributed by atoms with Crippen LogP contribution in [0.4, 0.5) is 0 Å². The van der Waals surface area contributed by atoms with Gasteiger partial charge in [0.15, 0.2) is 17.9 Å². The van der Waals surface area contributed by atoms with Gasteiger partial charge < -0.3 is 9.47 Å². The van der Waals surface area contributed by atoms with Gasteiger partial charge in [0.05, 0.1) is 24.4 Å². The first-order valence-corrected chi connectivity index (χ1v) is 12.6. The summed E-state index contributed by atoms with van der Waals surface area (Å²) in [4.78, 5) is 14.1. The lowest BCUT2D eigenvalue weighted by Gasteiger charge is -2.39. The van der Waals surface area contributed by atoms with Crippen molar-refractivity contribution < 1.29 is 14.3 Å². The second-order valence-electron chi connectivity index (χ2n) is 9.18. The molecule has 0 spiro atoms. The molecule has 0 amide bonds. The standard InChI is InChI=1S/C31H25ClN2O3/c1-36-24-17-13-21(14-18-24)27-19-26(20-11-15-23(32)16-12-20)33-34(27)29-30(35)25-9-5-6-10-28(25)37-31(29)22-7-3-2-4-8-22/h2-18,27,29,31H,19H2,1H3. The van der Waals surface area contributed by atoms with Crippen molar-refractivity contribution in [3.8, 4) is 11.5 Å². The molecule has 0 radical (unpaired) electrons. The van der Waals surface area contributed by atoms with Crippen LogP contribution < -0.4 is 9.47 Å². The van der Waals surface area contributed by atoms with Gasteiger partial charge in [-0.3, -0.25) is 9.80 Å². The molecule has 37 heavy (non-hydrogen) atoms. The third-order valence-corrected chi connectivity index (χ3v) is 7.25. The Morgan fingerprint density at radius 1 is 0.865 bits per heavy atom. The molecule has 0 aromatic heterocycles. The molecule has 0 bridgehead atoms. The Morgan fingerprint density at radius 3 is 2.30 bits per heavy atom. The zero-order valence-electron chi connectivity index (χ0n) is 20.3. The van der Waals surface area contributed by atoms with E-state index in [0.29, 0.717) is 22.8 Å². The lowest BCUT2D eigenvalue weighted by Crippen LogP contribution is -2.47. The van der Waals surface area contributed by atoms with Crippen LogP contribution in [-0.4, -0.2) is 29.7 Å². The van der Waals surface area contributed by atoms with Crippen LogP contribution >= 0.6 is 11.6 Å². The van der Waals surface area contributed by atoms with Gasteiger partial charge in [-0.05, 0) is 53.1 Å². The highest BCUT2D eigenvalue weighted by molar-refractivity contribution is 6.30. The van der Waals surface area contributed by atoms with Gasteiger partial charge >= 0.3 is 0 Å². The number of ketones is 1. The van der Waals surface area contributed by atoms with Crippen molar-refractivity contribution in [3.05, 3.63) is 130 Å². The first kappa shape index (κ1) is 23.3. The van der Waals surface area contributed by atoms with E-state index < -0.39 is 12.1 Å². The van der Waals surface area contributed by atoms with Crippen molar-refractivity contribution in [2.24, 2.45) is 5.10 Å². The van der Waals surface area contributed by atoms with Gasteiger partial charge in [0.2, 0.25) is 0 Å². The molecule has 3 atom stereocenters. The Bertz CT molecular complexity index is 1450. The Labute approximate surface area is 220 Å². The maximum Gasteiger partial charge on any atom is 0.194 e. The Morgan fingerprint density at radius 2 is 1.57 bits per heavy atom. The summed E-state index contributed by atoms with van der Waals surface area (Å²) in [6.45, 7) is 0. The van der Waals surface area contributed by atoms with Crippen molar-refractivity contribution >= 4 is 23.1 Å². The van der Waals surface area contributed by atoms with Crippen LogP contribution in [0, 0.1) is 0 Å². The summed E-state index contributed by atoms with van der Waals surface area (Å²) in [6, 6.07) is 32.2. The topological polar surface area (TPSA) is 51.1 Å². The van der Waals surface area contributed by atoms with Gasteiger partial charge in [-0.2, -0.15) is 5.10 Å². The summed E-state index contributed by atoms with van der Waals surface area (Å²) in [5.41, 5.74) is 4.43. The van der Waals surface area contributed by atoms with Crippen LogP contribution in [0.5, 0.6) is 11.5 Å². The van der Waals surface area contributed by atoms with E-state index in [9.17, 15) is 4.79 Å². The van der Waals surface area contributed by atoms with E-state index in [0.717, 1.165) is 28.2 Å². The third kappa shape index (κ3) is 4.36. The smallest absolute Gasteiger partial charge is 0.194 e. The summed E-state index contributed by atoms with van der Waals surface area (Å²) < 4.78 is 11.9. The summed E-state index contributed by atoms with van der Waals surface area (Å²) in [6.07, 6.45) is 0.124. The van der Waals surface area contributed by atoms with Gasteiger partial charge in [0.1, 0.15) is 11.5 Å². The molecule has 4 aromatic carbocycles. The van der Waals surface area contributed by atoms with Gasteiger partial charge in [-0.15, -0.1) is 0 Å². The number of Topliss-reactive ketones (excluding diaryl/α,β-unsaturated/α-hetero) is 1. The van der Waals surface area contributed by atoms with Crippen LogP contribution in [-0.2, 0) is 0 Å². The Balaban J connectivity index is 1.48. The molecule has 0 aliphatic carbocycles. The lowest BCUT2D eigenvalue weighted by molar-refractivity contribution is 0.0301. The Kier molecular flexibility index (Phi) is 6.15. The van der Waals surface area contributed by atoms with Gasteiger partial charge in [0, 0.05) is 11.4 Å². The first-order chi connectivity index (χ1) is 18.1. The van der Waals surface area contributed by atoms with E-state index >= 15 is 0 Å². The van der Waals surface area contributed by atoms with Gasteiger partial charge in [-0.25, -0.2) is 0 Å². The molecule has 4 aromatic rings. The number of fused-ring (bicyclic) bond motifs is 1. The van der Waals surface area contributed by atoms with E-state index in [1.54, 1.807) is 7.11 Å². The molecule has 2 aliphatic heterocycles. The van der Waals surface area contributed by atoms with E-state index in [1.165, 1.54) is 0 Å². The molecule has 6 rings (SSSR count). The van der Waals surface area contributed by atoms with Crippen molar-refractivity contribution in [2.75, 3.05) is 7.11 Å². The zero-order valence-corrected chi connectivity index (χ0v) is 21.0. The molecule has 3 unspecified atom stereocenters. The number of hydrogen-bond donors (Lipinski definition) is 0. The molecule has 0 saturated carbocycles. The monoisotopic (exact) mass is 508 g/mol. The average molecular weight is 509 g/mol. The van der Waals surface area contributed by atoms with Crippen LogP contribution in [0.3, 0.4) is 0 Å². The van der Waals surface area contributed by atoms with Gasteiger partial charge in [0.25, 0.3) is 0 Å². The molecule has 5 nitrogen and oxygen atoms in total. The highest BCUT2D eigenvalue weighted by Gasteiger charge is 2.46. The lowest BCUT2D eigenvalue weighted by atomic mass is 9.89. The fourth-order valence-corrected chi connectivity index (χ4v) is 5.25. The molecule has 0 fully saturated rings. The fraction of sp³-hybridized carbons (Fsp3) is 0.161. The number of para-hydroxylation sites is 1. The highest BCUT2D eigenvalue weighted by atomic mass is 35.5. The van der Waals surface area contributed by atoms with Crippen LogP contribution in [0.15, 0.2) is 108 Å². The average Bonchev–Trinajstić information content (AvgIpc) is 3.39. The summed E-state index contributed by atoms with van der Waals surface area (Å²) in [7, 11) is 1.65. The molecule has 184 valence electrons. The predicted molar refractivity (Wildman–Crippen MR) is 145 cm³/mol. The van der Waals surface area contributed by atoms with Crippen LogP contribution in [0.1, 0.15) is 45.6 Å². The second kappa shape index (κ2) is 9.75. The van der Waals surface area contributed by atoms with Crippen LogP contribution in [0.25, 0.3) is 0 Å². The summed E-state index contributed by atoms with van der Waals surface area (Å²) in [5, 5.41) is 7.70. The van der Waals surface area contributed by atoms with Crippen LogP contribution in [0.2, 0.25) is 5.02 Å². The normalized spacial score (nSPS) is 20.7. The van der Waals surface area contributed by atoms with Crippen molar-refractivity contribution in [1.29, 1.82) is 0 Å². The van der Waals surface area contributed by atoms with E-state index in [4.69, 9.17) is 26.2 Å². The molecular formula is C31H25ClN2O3. The zero-order chi connectivity index (χ0) is 25.4. The maximum absolute atomic E-state index is 14.1. The first-order valence-electron chi connectivity index (χ1n) is 12.2. The van der Waals surface area contributed by atoms with Crippen molar-refractivity contribution in [3.63, 3.8) is 0 Å². The maximum atomic E-state index is 14.1. The number of carbonyl (C=O) groups excluding carboxylic acids is 1. The number of carbonyl (C=O) groups is 1. The molecule has 0 N–H and O–H groups in total. The molecule has 0 saturated heterocycles. The number of nitrogens with zero attached hydrogens (tertiary/aromatic N) is 2. The molecule has 2 heterocycles. The minimum Gasteiger partial charge on any atom is -0.497 e. The number of hydrazone groups is 1. The second-order valence-corrected chi connectivity index (χ2v) is 9.62. The fourth-order valence-electron chi connectivity index (χ4n) is 5.12. The summed E-state index contributed by atoms with van der Waals surface area (Å²) >= 11 is 6.15. The number of rotatable bonds is 5. The summed E-state index contributed by atoms with van der Waals surface area (Å²) in [5.74, 6) is 1.37. The number of ether oxygens (including phenoxy) is 2. The number of halogens is 1. The number of hydrogen-bond acceptors (Lipinski definition) is 5.